The predicted molar refractivity (Wildman–Crippen MR) is 114 cm³/mol. The van der Waals surface area contributed by atoms with Crippen LogP contribution >= 0.6 is 23.2 Å². The van der Waals surface area contributed by atoms with Crippen LogP contribution in [0.15, 0.2) is 36.4 Å². The molecule has 0 aromatic heterocycles. The molecule has 1 aliphatic carbocycles. The summed E-state index contributed by atoms with van der Waals surface area (Å²) >= 11 is 12.1. The molecule has 3 nitrogen and oxygen atoms in total. The predicted octanol–water partition coefficient (Wildman–Crippen LogP) is 7.24. The number of anilines is 1. The molecular formula is C23H25Cl2NO2. The van der Waals surface area contributed by atoms with Crippen molar-refractivity contribution >= 4 is 28.9 Å². The van der Waals surface area contributed by atoms with E-state index in [4.69, 9.17) is 32.7 Å². The van der Waals surface area contributed by atoms with Gasteiger partial charge in [-0.25, -0.2) is 0 Å². The second kappa shape index (κ2) is 7.78. The number of benzene rings is 2. The smallest absolute Gasteiger partial charge is 0.129 e. The summed E-state index contributed by atoms with van der Waals surface area (Å²) in [6, 6.07) is 12.1. The van der Waals surface area contributed by atoms with Gasteiger partial charge in [0.25, 0.3) is 0 Å². The maximum absolute atomic E-state index is 6.21. The maximum atomic E-state index is 6.21. The fourth-order valence-electron chi connectivity index (χ4n) is 5.19. The third kappa shape index (κ3) is 3.49. The Morgan fingerprint density at radius 1 is 0.893 bits per heavy atom. The average molecular weight is 418 g/mol. The van der Waals surface area contributed by atoms with Gasteiger partial charge in [0.05, 0.1) is 16.1 Å². The lowest BCUT2D eigenvalue weighted by atomic mass is 9.73. The van der Waals surface area contributed by atoms with Crippen LogP contribution < -0.4 is 10.1 Å². The molecule has 2 aromatic rings. The molecule has 2 fully saturated rings. The van der Waals surface area contributed by atoms with E-state index >= 15 is 0 Å². The fraction of sp³-hybridized carbons (Fsp3) is 0.478. The minimum Gasteiger partial charge on any atom is -0.457 e. The highest BCUT2D eigenvalue weighted by atomic mass is 35.5. The Kier molecular flexibility index (Phi) is 5.17. The van der Waals surface area contributed by atoms with Gasteiger partial charge in [0, 0.05) is 35.9 Å². The molecule has 0 bridgehead atoms. The zero-order valence-electron chi connectivity index (χ0n) is 15.8. The van der Waals surface area contributed by atoms with Crippen LogP contribution in [0.5, 0.6) is 11.5 Å². The van der Waals surface area contributed by atoms with Gasteiger partial charge < -0.3 is 14.8 Å². The lowest BCUT2D eigenvalue weighted by Crippen LogP contribution is -2.42. The zero-order valence-corrected chi connectivity index (χ0v) is 17.3. The highest BCUT2D eigenvalue weighted by Crippen LogP contribution is 2.49. The first-order valence-corrected chi connectivity index (χ1v) is 11.1. The van der Waals surface area contributed by atoms with Gasteiger partial charge in [-0.1, -0.05) is 42.5 Å². The van der Waals surface area contributed by atoms with E-state index in [-0.39, 0.29) is 6.10 Å². The molecule has 0 spiro atoms. The van der Waals surface area contributed by atoms with Crippen LogP contribution in [0.2, 0.25) is 10.0 Å². The highest BCUT2D eigenvalue weighted by molar-refractivity contribution is 6.42. The van der Waals surface area contributed by atoms with E-state index in [9.17, 15) is 0 Å². The fourth-order valence-corrected chi connectivity index (χ4v) is 5.48. The van der Waals surface area contributed by atoms with Crippen LogP contribution in [0.1, 0.15) is 50.2 Å². The lowest BCUT2D eigenvalue weighted by Gasteiger charge is -2.42. The van der Waals surface area contributed by atoms with Gasteiger partial charge in [-0.2, -0.15) is 0 Å². The molecule has 1 saturated carbocycles. The van der Waals surface area contributed by atoms with Gasteiger partial charge in [-0.15, -0.1) is 0 Å². The minimum atomic E-state index is 0.167. The van der Waals surface area contributed by atoms with Crippen molar-refractivity contribution in [3.63, 3.8) is 0 Å². The van der Waals surface area contributed by atoms with Crippen molar-refractivity contribution in [2.24, 2.45) is 11.8 Å². The van der Waals surface area contributed by atoms with Crippen LogP contribution in [-0.4, -0.2) is 12.6 Å². The molecule has 0 amide bonds. The summed E-state index contributed by atoms with van der Waals surface area (Å²) in [6.07, 6.45) is 8.11. The third-order valence-corrected chi connectivity index (χ3v) is 7.27. The first kappa shape index (κ1) is 18.6. The zero-order chi connectivity index (χ0) is 19.1. The number of nitrogens with one attached hydrogen (secondary N) is 1. The first-order valence-electron chi connectivity index (χ1n) is 10.3. The van der Waals surface area contributed by atoms with Crippen molar-refractivity contribution < 1.29 is 9.47 Å². The van der Waals surface area contributed by atoms with E-state index in [0.29, 0.717) is 27.8 Å². The molecule has 5 heteroatoms. The van der Waals surface area contributed by atoms with E-state index in [1.165, 1.54) is 43.4 Å². The molecule has 0 radical (unpaired) electrons. The van der Waals surface area contributed by atoms with Crippen LogP contribution in [-0.2, 0) is 4.74 Å². The topological polar surface area (TPSA) is 30.5 Å². The Hall–Kier alpha value is -1.42. The maximum Gasteiger partial charge on any atom is 0.129 e. The van der Waals surface area contributed by atoms with Crippen molar-refractivity contribution in [1.82, 2.24) is 0 Å². The van der Waals surface area contributed by atoms with Crippen molar-refractivity contribution in [3.8, 4) is 11.5 Å². The highest BCUT2D eigenvalue weighted by Gasteiger charge is 2.44. The number of fused-ring (bicyclic) bond motifs is 3. The van der Waals surface area contributed by atoms with Gasteiger partial charge in [-0.3, -0.25) is 0 Å². The molecule has 1 N–H and O–H groups in total. The Morgan fingerprint density at radius 3 is 2.50 bits per heavy atom. The van der Waals surface area contributed by atoms with E-state index in [1.807, 2.05) is 12.1 Å². The van der Waals surface area contributed by atoms with Crippen LogP contribution in [0.25, 0.3) is 0 Å². The number of hydrogen-bond donors (Lipinski definition) is 1. The number of halogens is 2. The Bertz CT molecular complexity index is 866. The monoisotopic (exact) mass is 417 g/mol. The van der Waals surface area contributed by atoms with E-state index in [1.54, 1.807) is 12.1 Å². The largest absolute Gasteiger partial charge is 0.457 e. The molecule has 1 saturated heterocycles. The molecule has 5 rings (SSSR count). The van der Waals surface area contributed by atoms with Crippen molar-refractivity contribution in [2.45, 2.75) is 50.7 Å². The molecule has 3 aliphatic rings. The normalized spacial score (nSPS) is 27.0. The van der Waals surface area contributed by atoms with Gasteiger partial charge in [0.1, 0.15) is 11.5 Å². The third-order valence-electron chi connectivity index (χ3n) is 6.53. The molecule has 148 valence electrons. The standard InChI is InChI=1S/C23H25Cl2NO2/c24-19-8-6-16(13-20(19)25)28-15-7-9-21-18(12-15)23-17(10-11-27-23)22(26-21)14-4-2-1-3-5-14/h6-9,12-14,17,22-23,26H,1-5,10-11H2/t17-,22?,23-/m0/s1. The number of hydrogen-bond acceptors (Lipinski definition) is 3. The van der Waals surface area contributed by atoms with Crippen molar-refractivity contribution in [2.75, 3.05) is 11.9 Å². The molecule has 1 unspecified atom stereocenters. The quantitative estimate of drug-likeness (QED) is 0.570. The molecule has 2 aromatic carbocycles. The van der Waals surface area contributed by atoms with Crippen LogP contribution in [0.4, 0.5) is 5.69 Å². The van der Waals surface area contributed by atoms with Gasteiger partial charge in [-0.05, 0) is 55.5 Å². The molecule has 3 atom stereocenters. The number of rotatable bonds is 3. The summed E-state index contributed by atoms with van der Waals surface area (Å²) in [7, 11) is 0. The first-order chi connectivity index (χ1) is 13.7. The van der Waals surface area contributed by atoms with Crippen molar-refractivity contribution in [1.29, 1.82) is 0 Å². The summed E-state index contributed by atoms with van der Waals surface area (Å²) in [4.78, 5) is 0. The molecule has 2 aliphatic heterocycles. The van der Waals surface area contributed by atoms with E-state index in [0.717, 1.165) is 24.7 Å². The van der Waals surface area contributed by atoms with Crippen LogP contribution in [0, 0.1) is 11.8 Å². The summed E-state index contributed by atoms with van der Waals surface area (Å²) < 4.78 is 12.3. The second-order valence-corrected chi connectivity index (χ2v) is 9.05. The molecule has 2 heterocycles. The van der Waals surface area contributed by atoms with Gasteiger partial charge >= 0.3 is 0 Å². The minimum absolute atomic E-state index is 0.167. The summed E-state index contributed by atoms with van der Waals surface area (Å²) in [5, 5.41) is 4.89. The van der Waals surface area contributed by atoms with Crippen molar-refractivity contribution in [3.05, 3.63) is 52.0 Å². The average Bonchev–Trinajstić information content (AvgIpc) is 3.21. The Labute approximate surface area is 176 Å². The Balaban J connectivity index is 1.41. The summed E-state index contributed by atoms with van der Waals surface area (Å²) in [6.45, 7) is 0.845. The summed E-state index contributed by atoms with van der Waals surface area (Å²) in [5.74, 6) is 2.80. The number of ether oxygens (including phenoxy) is 2. The van der Waals surface area contributed by atoms with Gasteiger partial charge in [0.2, 0.25) is 0 Å². The Morgan fingerprint density at radius 2 is 1.68 bits per heavy atom. The van der Waals surface area contributed by atoms with Gasteiger partial charge in [0.15, 0.2) is 0 Å². The lowest BCUT2D eigenvalue weighted by molar-refractivity contribution is 0.0730. The second-order valence-electron chi connectivity index (χ2n) is 8.24. The van der Waals surface area contributed by atoms with Crippen LogP contribution in [0.3, 0.4) is 0 Å². The SMILES string of the molecule is Clc1ccc(Oc2ccc3c(c2)[C@H]2OCC[C@H]2C(C2CCCCC2)N3)cc1Cl. The molecule has 28 heavy (non-hydrogen) atoms. The summed E-state index contributed by atoms with van der Waals surface area (Å²) in [5.41, 5.74) is 2.41. The van der Waals surface area contributed by atoms with E-state index in [2.05, 4.69) is 17.4 Å². The van der Waals surface area contributed by atoms with E-state index < -0.39 is 0 Å². The molecular weight excluding hydrogens is 393 g/mol.